The van der Waals surface area contributed by atoms with Crippen LogP contribution in [0.25, 0.3) is 0 Å². The lowest BCUT2D eigenvalue weighted by Crippen LogP contribution is -2.31. The Kier molecular flexibility index (Phi) is 5.80. The van der Waals surface area contributed by atoms with Crippen LogP contribution < -0.4 is 10.5 Å². The van der Waals surface area contributed by atoms with E-state index in [1.54, 1.807) is 0 Å². The number of nitrogens with one attached hydrogen (secondary N) is 1. The summed E-state index contributed by atoms with van der Waals surface area (Å²) in [7, 11) is 0. The average Bonchev–Trinajstić information content (AvgIpc) is 2.36. The summed E-state index contributed by atoms with van der Waals surface area (Å²) in [6.07, 6.45) is 1.32. The second-order valence-electron chi connectivity index (χ2n) is 5.25. The first-order chi connectivity index (χ1) is 9.65. The van der Waals surface area contributed by atoms with E-state index in [4.69, 9.17) is 39.1 Å². The summed E-state index contributed by atoms with van der Waals surface area (Å²) in [4.78, 5) is 10.1. The molecule has 1 rings (SSSR count). The summed E-state index contributed by atoms with van der Waals surface area (Å²) >= 11 is 11.9. The summed E-state index contributed by atoms with van der Waals surface area (Å²) in [5, 5.41) is 18.3. The Hall–Kier alpha value is -1.53. The largest absolute Gasteiger partial charge is 0.490 e. The molecule has 0 aliphatic heterocycles. The molecule has 0 radical (unpaired) electrons. The standard InChI is InChI=1S/C13H17Cl2N3O3/c1-13(2,12(16)17)4-3-5-21-11-9(14)6-8(18(19)20)7-10(11)15/h6-7H,3-5H2,1-2H3,(H3,16,17). The Morgan fingerprint density at radius 3 is 2.38 bits per heavy atom. The zero-order chi connectivity index (χ0) is 16.2. The van der Waals surface area contributed by atoms with E-state index in [1.807, 2.05) is 13.8 Å². The van der Waals surface area contributed by atoms with Crippen molar-refractivity contribution in [2.75, 3.05) is 6.61 Å². The second-order valence-corrected chi connectivity index (χ2v) is 6.06. The highest BCUT2D eigenvalue weighted by molar-refractivity contribution is 6.37. The van der Waals surface area contributed by atoms with Crippen LogP contribution in [0.15, 0.2) is 12.1 Å². The van der Waals surface area contributed by atoms with Crippen molar-refractivity contribution in [1.29, 1.82) is 5.41 Å². The minimum absolute atomic E-state index is 0.0972. The molecule has 0 saturated heterocycles. The van der Waals surface area contributed by atoms with Crippen molar-refractivity contribution in [3.63, 3.8) is 0 Å². The van der Waals surface area contributed by atoms with E-state index in [1.165, 1.54) is 12.1 Å². The van der Waals surface area contributed by atoms with Crippen molar-refractivity contribution in [1.82, 2.24) is 0 Å². The molecule has 0 heterocycles. The van der Waals surface area contributed by atoms with E-state index in [9.17, 15) is 10.1 Å². The van der Waals surface area contributed by atoms with Gasteiger partial charge in [0.25, 0.3) is 5.69 Å². The molecule has 0 fully saturated rings. The molecule has 0 unspecified atom stereocenters. The van der Waals surface area contributed by atoms with E-state index in [-0.39, 0.29) is 27.3 Å². The number of rotatable bonds is 7. The lowest BCUT2D eigenvalue weighted by atomic mass is 9.87. The number of nitro benzene ring substituents is 1. The molecule has 21 heavy (non-hydrogen) atoms. The van der Waals surface area contributed by atoms with Gasteiger partial charge in [-0.25, -0.2) is 0 Å². The molecule has 0 amide bonds. The highest BCUT2D eigenvalue weighted by Crippen LogP contribution is 2.37. The van der Waals surface area contributed by atoms with Crippen molar-refractivity contribution < 1.29 is 9.66 Å². The number of benzene rings is 1. The number of halogens is 2. The third kappa shape index (κ3) is 4.75. The van der Waals surface area contributed by atoms with Gasteiger partial charge in [-0.2, -0.15) is 0 Å². The van der Waals surface area contributed by atoms with E-state index in [2.05, 4.69) is 0 Å². The Bertz CT molecular complexity index is 539. The van der Waals surface area contributed by atoms with E-state index in [0.29, 0.717) is 19.4 Å². The third-order valence-electron chi connectivity index (χ3n) is 3.12. The van der Waals surface area contributed by atoms with Gasteiger partial charge in [-0.15, -0.1) is 0 Å². The van der Waals surface area contributed by atoms with Crippen LogP contribution >= 0.6 is 23.2 Å². The predicted molar refractivity (Wildman–Crippen MR) is 83.5 cm³/mol. The van der Waals surface area contributed by atoms with Crippen molar-refractivity contribution in [3.8, 4) is 5.75 Å². The second kappa shape index (κ2) is 6.95. The summed E-state index contributed by atoms with van der Waals surface area (Å²) < 4.78 is 5.48. The Balaban J connectivity index is 2.65. The SMILES string of the molecule is CC(C)(CCCOc1c(Cl)cc([N+](=O)[O-])cc1Cl)C(=N)N. The van der Waals surface area contributed by atoms with Gasteiger partial charge in [-0.3, -0.25) is 15.5 Å². The molecule has 1 aromatic carbocycles. The number of amidine groups is 1. The number of nitrogens with zero attached hydrogens (tertiary/aromatic N) is 1. The molecule has 8 heteroatoms. The average molecular weight is 334 g/mol. The zero-order valence-electron chi connectivity index (χ0n) is 11.8. The van der Waals surface area contributed by atoms with Gasteiger partial charge in [0, 0.05) is 17.5 Å². The Morgan fingerprint density at radius 1 is 1.43 bits per heavy atom. The Morgan fingerprint density at radius 2 is 1.95 bits per heavy atom. The number of hydrogen-bond donors (Lipinski definition) is 2. The van der Waals surface area contributed by atoms with E-state index >= 15 is 0 Å². The minimum atomic E-state index is -0.573. The van der Waals surface area contributed by atoms with Gasteiger partial charge in [0.15, 0.2) is 5.75 Å². The normalized spacial score (nSPS) is 11.2. The van der Waals surface area contributed by atoms with Gasteiger partial charge in [0.05, 0.1) is 27.4 Å². The first-order valence-corrected chi connectivity index (χ1v) is 7.01. The van der Waals surface area contributed by atoms with Crippen LogP contribution in [0.3, 0.4) is 0 Å². The highest BCUT2D eigenvalue weighted by atomic mass is 35.5. The molecule has 116 valence electrons. The van der Waals surface area contributed by atoms with Crippen LogP contribution in [0.5, 0.6) is 5.75 Å². The summed E-state index contributed by atoms with van der Waals surface area (Å²) in [6.45, 7) is 4.08. The first kappa shape index (κ1) is 17.5. The van der Waals surface area contributed by atoms with Gasteiger partial charge in [0.1, 0.15) is 0 Å². The molecule has 0 aromatic heterocycles. The molecule has 0 spiro atoms. The first-order valence-electron chi connectivity index (χ1n) is 6.26. The molecule has 3 N–H and O–H groups in total. The maximum Gasteiger partial charge on any atom is 0.272 e. The van der Waals surface area contributed by atoms with E-state index < -0.39 is 10.3 Å². The molecule has 0 atom stereocenters. The number of nitrogens with two attached hydrogens (primary N) is 1. The smallest absolute Gasteiger partial charge is 0.272 e. The highest BCUT2D eigenvalue weighted by Gasteiger charge is 2.21. The number of ether oxygens (including phenoxy) is 1. The van der Waals surface area contributed by atoms with Crippen molar-refractivity contribution in [2.45, 2.75) is 26.7 Å². The molecule has 0 bridgehead atoms. The van der Waals surface area contributed by atoms with Gasteiger partial charge in [0.2, 0.25) is 0 Å². The number of nitro groups is 1. The maximum atomic E-state index is 10.7. The Labute approximate surface area is 132 Å². The van der Waals surface area contributed by atoms with Gasteiger partial charge in [-0.1, -0.05) is 37.0 Å². The van der Waals surface area contributed by atoms with Crippen LogP contribution in [0.2, 0.25) is 10.0 Å². The fraction of sp³-hybridized carbons (Fsp3) is 0.462. The van der Waals surface area contributed by atoms with Crippen LogP contribution in [0.1, 0.15) is 26.7 Å². The fourth-order valence-electron chi connectivity index (χ4n) is 1.61. The van der Waals surface area contributed by atoms with E-state index in [0.717, 1.165) is 0 Å². The minimum Gasteiger partial charge on any atom is -0.490 e. The number of hydrogen-bond acceptors (Lipinski definition) is 4. The monoisotopic (exact) mass is 333 g/mol. The molecule has 0 aliphatic carbocycles. The fourth-order valence-corrected chi connectivity index (χ4v) is 2.20. The molecular weight excluding hydrogens is 317 g/mol. The van der Waals surface area contributed by atoms with Crippen molar-refractivity contribution in [2.24, 2.45) is 11.1 Å². The van der Waals surface area contributed by atoms with Gasteiger partial charge in [-0.05, 0) is 12.8 Å². The quantitative estimate of drug-likeness (QED) is 0.258. The van der Waals surface area contributed by atoms with Gasteiger partial charge >= 0.3 is 0 Å². The lowest BCUT2D eigenvalue weighted by Gasteiger charge is -2.22. The summed E-state index contributed by atoms with van der Waals surface area (Å²) in [5.74, 6) is 0.346. The molecule has 6 nitrogen and oxygen atoms in total. The summed E-state index contributed by atoms with van der Waals surface area (Å²) in [6, 6.07) is 2.39. The molecule has 1 aromatic rings. The van der Waals surface area contributed by atoms with Crippen LogP contribution in [-0.2, 0) is 0 Å². The number of non-ortho nitro benzene ring substituents is 1. The predicted octanol–water partition coefficient (Wildman–Crippen LogP) is 4.02. The summed E-state index contributed by atoms with van der Waals surface area (Å²) in [5.41, 5.74) is 4.91. The molecule has 0 saturated carbocycles. The lowest BCUT2D eigenvalue weighted by molar-refractivity contribution is -0.384. The zero-order valence-corrected chi connectivity index (χ0v) is 13.3. The van der Waals surface area contributed by atoms with Crippen LogP contribution in [0.4, 0.5) is 5.69 Å². The van der Waals surface area contributed by atoms with Crippen molar-refractivity contribution in [3.05, 3.63) is 32.3 Å². The third-order valence-corrected chi connectivity index (χ3v) is 3.68. The molecule has 0 aliphatic rings. The van der Waals surface area contributed by atoms with Gasteiger partial charge < -0.3 is 10.5 Å². The van der Waals surface area contributed by atoms with Crippen molar-refractivity contribution >= 4 is 34.7 Å². The maximum absolute atomic E-state index is 10.7. The van der Waals surface area contributed by atoms with Crippen LogP contribution in [0, 0.1) is 20.9 Å². The van der Waals surface area contributed by atoms with Crippen LogP contribution in [-0.4, -0.2) is 17.4 Å². The topological polar surface area (TPSA) is 102 Å². The molecular formula is C13H17Cl2N3O3.